The van der Waals surface area contributed by atoms with Crippen LogP contribution in [0.3, 0.4) is 0 Å². The third-order valence-electron chi connectivity index (χ3n) is 3.52. The molecule has 82 valence electrons. The van der Waals surface area contributed by atoms with Crippen molar-refractivity contribution in [2.24, 2.45) is 0 Å². The van der Waals surface area contributed by atoms with Crippen molar-refractivity contribution in [1.82, 2.24) is 4.98 Å². The number of aromatic nitrogens is 1. The van der Waals surface area contributed by atoms with Crippen LogP contribution in [-0.4, -0.2) is 4.98 Å². The average Bonchev–Trinajstić information content (AvgIpc) is 2.85. The molecule has 2 heteroatoms. The summed E-state index contributed by atoms with van der Waals surface area (Å²) in [6.45, 7) is 0. The van der Waals surface area contributed by atoms with E-state index in [0.717, 1.165) is 10.9 Å². The highest BCUT2D eigenvalue weighted by Crippen LogP contribution is 2.41. The largest absolute Gasteiger partial charge is 0.354 e. The summed E-state index contributed by atoms with van der Waals surface area (Å²) in [5.41, 5.74) is 6.73. The minimum absolute atomic E-state index is 1.04. The zero-order chi connectivity index (χ0) is 11.4. The van der Waals surface area contributed by atoms with Gasteiger partial charge in [0, 0.05) is 27.4 Å². The van der Waals surface area contributed by atoms with Crippen LogP contribution in [0, 0.1) is 0 Å². The van der Waals surface area contributed by atoms with E-state index in [2.05, 4.69) is 63.4 Å². The zero-order valence-corrected chi connectivity index (χ0v) is 10.7. The van der Waals surface area contributed by atoms with Crippen LogP contribution < -0.4 is 0 Å². The maximum Gasteiger partial charge on any atom is 0.0504 e. The number of H-pyrrole nitrogens is 1. The van der Waals surface area contributed by atoms with E-state index in [-0.39, 0.29) is 0 Å². The van der Waals surface area contributed by atoms with Crippen LogP contribution in [0.2, 0.25) is 0 Å². The van der Waals surface area contributed by atoms with Gasteiger partial charge in [0.25, 0.3) is 0 Å². The molecular formula is C15H10BrN. The van der Waals surface area contributed by atoms with Crippen molar-refractivity contribution in [3.05, 3.63) is 58.1 Å². The molecule has 1 aliphatic carbocycles. The lowest BCUT2D eigenvalue weighted by Gasteiger charge is -2.00. The Morgan fingerprint density at radius 1 is 1.06 bits per heavy atom. The van der Waals surface area contributed by atoms with Gasteiger partial charge >= 0.3 is 0 Å². The molecule has 1 aliphatic rings. The molecule has 0 spiro atoms. The van der Waals surface area contributed by atoms with Gasteiger partial charge in [0.2, 0.25) is 0 Å². The van der Waals surface area contributed by atoms with Crippen molar-refractivity contribution >= 4 is 26.8 Å². The monoisotopic (exact) mass is 283 g/mol. The predicted octanol–water partition coefficient (Wildman–Crippen LogP) is 4.50. The fourth-order valence-electron chi connectivity index (χ4n) is 2.74. The Morgan fingerprint density at radius 2 is 1.94 bits per heavy atom. The number of halogens is 1. The van der Waals surface area contributed by atoms with E-state index in [1.807, 2.05) is 0 Å². The van der Waals surface area contributed by atoms with E-state index in [4.69, 9.17) is 0 Å². The van der Waals surface area contributed by atoms with Crippen molar-refractivity contribution in [3.63, 3.8) is 0 Å². The second-order valence-electron chi connectivity index (χ2n) is 4.50. The Bertz CT molecular complexity index is 740. The normalized spacial score (nSPS) is 12.8. The first-order valence-corrected chi connectivity index (χ1v) is 6.50. The Balaban J connectivity index is 2.09. The van der Waals surface area contributed by atoms with Crippen molar-refractivity contribution in [2.45, 2.75) is 6.42 Å². The second kappa shape index (κ2) is 3.23. The first-order valence-electron chi connectivity index (χ1n) is 5.71. The third-order valence-corrected chi connectivity index (χ3v) is 4.02. The van der Waals surface area contributed by atoms with Crippen LogP contribution in [-0.2, 0) is 6.42 Å². The minimum atomic E-state index is 1.04. The fraction of sp³-hybridized carbons (Fsp3) is 0.0667. The van der Waals surface area contributed by atoms with Crippen molar-refractivity contribution in [1.29, 1.82) is 0 Å². The molecule has 0 saturated heterocycles. The SMILES string of the molecule is Brc1ccc2c(c1)-c1[nH]c3ccccc3c1C2. The molecule has 3 aromatic rings. The number of fused-ring (bicyclic) bond motifs is 5. The van der Waals surface area contributed by atoms with Gasteiger partial charge in [-0.1, -0.05) is 40.2 Å². The molecule has 0 unspecified atom stereocenters. The summed E-state index contributed by atoms with van der Waals surface area (Å²) >= 11 is 3.55. The van der Waals surface area contributed by atoms with Crippen molar-refractivity contribution in [2.75, 3.05) is 0 Å². The number of nitrogens with one attached hydrogen (secondary N) is 1. The maximum absolute atomic E-state index is 3.55. The number of hydrogen-bond donors (Lipinski definition) is 1. The van der Waals surface area contributed by atoms with Gasteiger partial charge < -0.3 is 4.98 Å². The van der Waals surface area contributed by atoms with Crippen molar-refractivity contribution < 1.29 is 0 Å². The molecule has 2 aromatic carbocycles. The molecule has 1 nitrogen and oxygen atoms in total. The number of hydrogen-bond acceptors (Lipinski definition) is 0. The van der Waals surface area contributed by atoms with E-state index in [0.29, 0.717) is 0 Å². The van der Waals surface area contributed by atoms with Gasteiger partial charge in [-0.3, -0.25) is 0 Å². The number of rotatable bonds is 0. The number of para-hydroxylation sites is 1. The lowest BCUT2D eigenvalue weighted by Crippen LogP contribution is -1.81. The van der Waals surface area contributed by atoms with Crippen LogP contribution in [0.5, 0.6) is 0 Å². The van der Waals surface area contributed by atoms with Crippen LogP contribution in [0.15, 0.2) is 46.9 Å². The molecule has 1 N–H and O–H groups in total. The second-order valence-corrected chi connectivity index (χ2v) is 5.42. The van der Waals surface area contributed by atoms with Gasteiger partial charge in [-0.05, 0) is 29.3 Å². The molecule has 17 heavy (non-hydrogen) atoms. The molecule has 1 aromatic heterocycles. The highest BCUT2D eigenvalue weighted by molar-refractivity contribution is 9.10. The van der Waals surface area contributed by atoms with Gasteiger partial charge in [0.15, 0.2) is 0 Å². The van der Waals surface area contributed by atoms with Crippen molar-refractivity contribution in [3.8, 4) is 11.3 Å². The Labute approximate surface area is 108 Å². The number of aromatic amines is 1. The fourth-order valence-corrected chi connectivity index (χ4v) is 3.10. The Morgan fingerprint density at radius 3 is 2.88 bits per heavy atom. The van der Waals surface area contributed by atoms with Gasteiger partial charge in [0.05, 0.1) is 5.69 Å². The zero-order valence-electron chi connectivity index (χ0n) is 9.13. The third kappa shape index (κ3) is 1.25. The molecule has 0 amide bonds. The van der Waals surface area contributed by atoms with E-state index < -0.39 is 0 Å². The molecular weight excluding hydrogens is 274 g/mol. The molecule has 1 heterocycles. The minimum Gasteiger partial charge on any atom is -0.354 e. The standard InChI is InChI=1S/C15H10BrN/c16-10-6-5-9-7-13-11-3-1-2-4-14(11)17-15(13)12(9)8-10/h1-6,8,17H,7H2. The Hall–Kier alpha value is -1.54. The molecule has 4 rings (SSSR count). The highest BCUT2D eigenvalue weighted by Gasteiger charge is 2.22. The van der Waals surface area contributed by atoms with Gasteiger partial charge in [-0.15, -0.1) is 0 Å². The first-order chi connectivity index (χ1) is 8.33. The number of benzene rings is 2. The Kier molecular flexibility index (Phi) is 1.80. The van der Waals surface area contributed by atoms with Crippen LogP contribution in [0.4, 0.5) is 0 Å². The summed E-state index contributed by atoms with van der Waals surface area (Å²) in [6.07, 6.45) is 1.04. The first kappa shape index (κ1) is 9.49. The summed E-state index contributed by atoms with van der Waals surface area (Å²) in [7, 11) is 0. The van der Waals surface area contributed by atoms with E-state index in [1.165, 1.54) is 33.3 Å². The van der Waals surface area contributed by atoms with Crippen LogP contribution >= 0.6 is 15.9 Å². The molecule has 0 fully saturated rings. The summed E-state index contributed by atoms with van der Waals surface area (Å²) in [4.78, 5) is 3.54. The summed E-state index contributed by atoms with van der Waals surface area (Å²) in [6, 6.07) is 15.1. The predicted molar refractivity (Wildman–Crippen MR) is 74.2 cm³/mol. The van der Waals surface area contributed by atoms with Crippen LogP contribution in [0.1, 0.15) is 11.1 Å². The topological polar surface area (TPSA) is 15.8 Å². The molecule has 0 bridgehead atoms. The highest BCUT2D eigenvalue weighted by atomic mass is 79.9. The lowest BCUT2D eigenvalue weighted by atomic mass is 10.1. The smallest absolute Gasteiger partial charge is 0.0504 e. The van der Waals surface area contributed by atoms with E-state index >= 15 is 0 Å². The summed E-state index contributed by atoms with van der Waals surface area (Å²) in [5.74, 6) is 0. The molecule has 0 radical (unpaired) electrons. The lowest BCUT2D eigenvalue weighted by molar-refractivity contribution is 1.28. The molecule has 0 atom stereocenters. The van der Waals surface area contributed by atoms with Gasteiger partial charge in [-0.2, -0.15) is 0 Å². The van der Waals surface area contributed by atoms with E-state index in [1.54, 1.807) is 0 Å². The molecule has 0 aliphatic heterocycles. The molecule has 0 saturated carbocycles. The van der Waals surface area contributed by atoms with Crippen LogP contribution in [0.25, 0.3) is 22.2 Å². The van der Waals surface area contributed by atoms with Gasteiger partial charge in [-0.25, -0.2) is 0 Å². The maximum atomic E-state index is 3.55. The van der Waals surface area contributed by atoms with Gasteiger partial charge in [0.1, 0.15) is 0 Å². The summed E-state index contributed by atoms with van der Waals surface area (Å²) < 4.78 is 1.14. The summed E-state index contributed by atoms with van der Waals surface area (Å²) in [5, 5.41) is 1.36. The average molecular weight is 284 g/mol. The van der Waals surface area contributed by atoms with E-state index in [9.17, 15) is 0 Å². The quantitative estimate of drug-likeness (QED) is 0.489.